The number of fused-ring (bicyclic) bond motifs is 1. The van der Waals surface area contributed by atoms with Crippen LogP contribution in [0.25, 0.3) is 0 Å². The predicted octanol–water partition coefficient (Wildman–Crippen LogP) is 3.76. The van der Waals surface area contributed by atoms with Gasteiger partial charge in [0.1, 0.15) is 5.69 Å². The van der Waals surface area contributed by atoms with Crippen molar-refractivity contribution in [2.75, 3.05) is 18.0 Å². The molecule has 1 saturated heterocycles. The van der Waals surface area contributed by atoms with Gasteiger partial charge < -0.3 is 4.90 Å². The van der Waals surface area contributed by atoms with Crippen LogP contribution in [0, 0.1) is 22.0 Å². The van der Waals surface area contributed by atoms with Gasteiger partial charge in [-0.25, -0.2) is 0 Å². The van der Waals surface area contributed by atoms with Gasteiger partial charge in [0, 0.05) is 23.6 Å². The summed E-state index contributed by atoms with van der Waals surface area (Å²) in [4.78, 5) is 13.0. The fourth-order valence-electron chi connectivity index (χ4n) is 3.12. The fraction of sp³-hybridized carbons (Fsp3) is 0.429. The third-order valence-electron chi connectivity index (χ3n) is 4.10. The summed E-state index contributed by atoms with van der Waals surface area (Å²) in [5.74, 6) is 1.28. The molecule has 1 aliphatic carbocycles. The second-order valence-electron chi connectivity index (χ2n) is 5.26. The molecule has 0 amide bonds. The molecule has 2 unspecified atom stereocenters. The second kappa shape index (κ2) is 4.96. The van der Waals surface area contributed by atoms with Crippen molar-refractivity contribution >= 4 is 27.3 Å². The zero-order chi connectivity index (χ0) is 13.4. The summed E-state index contributed by atoms with van der Waals surface area (Å²) in [6.07, 6.45) is 6.67. The number of nitrogens with zero attached hydrogens (tertiary/aromatic N) is 2. The summed E-state index contributed by atoms with van der Waals surface area (Å²) in [6.45, 7) is 1.85. The van der Waals surface area contributed by atoms with Crippen LogP contribution in [-0.2, 0) is 0 Å². The Kier molecular flexibility index (Phi) is 3.31. The van der Waals surface area contributed by atoms with Crippen molar-refractivity contribution in [1.29, 1.82) is 0 Å². The first kappa shape index (κ1) is 12.7. The van der Waals surface area contributed by atoms with Crippen molar-refractivity contribution in [1.82, 2.24) is 0 Å². The third kappa shape index (κ3) is 2.39. The standard InChI is InChI=1S/C14H15BrN2O2/c15-12-5-6-13(17(18)19)14(7-12)16-8-10-3-1-2-4-11(10)9-16/h1-2,5-7,10-11H,3-4,8-9H2. The van der Waals surface area contributed by atoms with Gasteiger partial charge in [-0.3, -0.25) is 10.1 Å². The summed E-state index contributed by atoms with van der Waals surface area (Å²) in [7, 11) is 0. The molecular formula is C14H15BrN2O2. The van der Waals surface area contributed by atoms with Crippen LogP contribution >= 0.6 is 15.9 Å². The molecule has 5 heteroatoms. The van der Waals surface area contributed by atoms with Crippen LogP contribution in [0.3, 0.4) is 0 Å². The van der Waals surface area contributed by atoms with Crippen molar-refractivity contribution < 1.29 is 4.92 Å². The predicted molar refractivity (Wildman–Crippen MR) is 78.4 cm³/mol. The Morgan fingerprint density at radius 3 is 2.42 bits per heavy atom. The Bertz CT molecular complexity index is 528. The number of allylic oxidation sites excluding steroid dienone is 2. The van der Waals surface area contributed by atoms with Gasteiger partial charge >= 0.3 is 0 Å². The molecule has 0 saturated carbocycles. The lowest BCUT2D eigenvalue weighted by atomic mass is 9.86. The average Bonchev–Trinajstić information content (AvgIpc) is 2.81. The van der Waals surface area contributed by atoms with Crippen LogP contribution in [0.15, 0.2) is 34.8 Å². The van der Waals surface area contributed by atoms with Crippen molar-refractivity contribution in [2.45, 2.75) is 12.8 Å². The molecule has 1 fully saturated rings. The lowest BCUT2D eigenvalue weighted by Crippen LogP contribution is -2.20. The Morgan fingerprint density at radius 2 is 1.84 bits per heavy atom. The summed E-state index contributed by atoms with van der Waals surface area (Å²) >= 11 is 3.41. The lowest BCUT2D eigenvalue weighted by molar-refractivity contribution is -0.384. The number of halogens is 1. The molecule has 0 spiro atoms. The summed E-state index contributed by atoms with van der Waals surface area (Å²) in [6, 6.07) is 5.18. The number of hydrogen-bond donors (Lipinski definition) is 0. The summed E-state index contributed by atoms with van der Waals surface area (Å²) < 4.78 is 0.890. The van der Waals surface area contributed by atoms with Crippen LogP contribution < -0.4 is 4.90 Å². The van der Waals surface area contributed by atoms with Gasteiger partial charge in [-0.2, -0.15) is 0 Å². The van der Waals surface area contributed by atoms with Crippen LogP contribution in [0.1, 0.15) is 12.8 Å². The van der Waals surface area contributed by atoms with Crippen molar-refractivity contribution in [3.8, 4) is 0 Å². The Balaban J connectivity index is 1.91. The molecule has 1 aliphatic heterocycles. The number of nitro benzene ring substituents is 1. The van der Waals surface area contributed by atoms with E-state index in [1.165, 1.54) is 0 Å². The molecule has 100 valence electrons. The highest BCUT2D eigenvalue weighted by molar-refractivity contribution is 9.10. The lowest BCUT2D eigenvalue weighted by Gasteiger charge is -2.18. The highest BCUT2D eigenvalue weighted by atomic mass is 79.9. The Morgan fingerprint density at radius 1 is 1.21 bits per heavy atom. The molecule has 0 aromatic heterocycles. The van der Waals surface area contributed by atoms with E-state index in [4.69, 9.17) is 0 Å². The maximum Gasteiger partial charge on any atom is 0.292 e. The highest BCUT2D eigenvalue weighted by Gasteiger charge is 2.35. The van der Waals surface area contributed by atoms with Crippen molar-refractivity contribution in [3.63, 3.8) is 0 Å². The van der Waals surface area contributed by atoms with E-state index < -0.39 is 0 Å². The van der Waals surface area contributed by atoms with E-state index in [0.717, 1.165) is 36.1 Å². The van der Waals surface area contributed by atoms with Crippen LogP contribution in [-0.4, -0.2) is 18.0 Å². The first-order valence-corrected chi connectivity index (χ1v) is 7.28. The first-order valence-electron chi connectivity index (χ1n) is 6.49. The molecular weight excluding hydrogens is 308 g/mol. The van der Waals surface area contributed by atoms with Gasteiger partial charge in [0.15, 0.2) is 0 Å². The molecule has 0 bridgehead atoms. The summed E-state index contributed by atoms with van der Waals surface area (Å²) in [5, 5.41) is 11.2. The van der Waals surface area contributed by atoms with E-state index in [2.05, 4.69) is 33.0 Å². The number of anilines is 1. The third-order valence-corrected chi connectivity index (χ3v) is 4.59. The molecule has 1 aromatic rings. The molecule has 0 radical (unpaired) electrons. The number of hydrogen-bond acceptors (Lipinski definition) is 3. The van der Waals surface area contributed by atoms with Gasteiger partial charge in [0.05, 0.1) is 4.92 Å². The van der Waals surface area contributed by atoms with E-state index >= 15 is 0 Å². The molecule has 4 nitrogen and oxygen atoms in total. The number of benzene rings is 1. The van der Waals surface area contributed by atoms with Gasteiger partial charge in [0.2, 0.25) is 0 Å². The second-order valence-corrected chi connectivity index (χ2v) is 6.17. The van der Waals surface area contributed by atoms with Crippen LogP contribution in [0.4, 0.5) is 11.4 Å². The van der Waals surface area contributed by atoms with E-state index in [9.17, 15) is 10.1 Å². The molecule has 3 rings (SSSR count). The minimum atomic E-state index is -0.290. The molecule has 0 N–H and O–H groups in total. The topological polar surface area (TPSA) is 46.4 Å². The quantitative estimate of drug-likeness (QED) is 0.473. The minimum absolute atomic E-state index is 0.204. The largest absolute Gasteiger partial charge is 0.365 e. The maximum atomic E-state index is 11.2. The van der Waals surface area contributed by atoms with Crippen LogP contribution in [0.2, 0.25) is 0 Å². The monoisotopic (exact) mass is 322 g/mol. The fourth-order valence-corrected chi connectivity index (χ4v) is 3.46. The average molecular weight is 323 g/mol. The van der Waals surface area contributed by atoms with Gasteiger partial charge in [0.25, 0.3) is 5.69 Å². The van der Waals surface area contributed by atoms with Crippen molar-refractivity contribution in [3.05, 3.63) is 44.9 Å². The zero-order valence-electron chi connectivity index (χ0n) is 10.5. The Hall–Kier alpha value is -1.36. The van der Waals surface area contributed by atoms with E-state index in [1.54, 1.807) is 12.1 Å². The number of nitro groups is 1. The van der Waals surface area contributed by atoms with Gasteiger partial charge in [-0.05, 0) is 36.8 Å². The van der Waals surface area contributed by atoms with E-state index in [-0.39, 0.29) is 10.6 Å². The van der Waals surface area contributed by atoms with Gasteiger partial charge in [-0.15, -0.1) is 0 Å². The molecule has 2 aliphatic rings. The zero-order valence-corrected chi connectivity index (χ0v) is 12.0. The molecule has 2 atom stereocenters. The van der Waals surface area contributed by atoms with Crippen molar-refractivity contribution in [2.24, 2.45) is 11.8 Å². The SMILES string of the molecule is O=[N+]([O-])c1ccc(Br)cc1N1CC2CC=CCC2C1. The molecule has 1 heterocycles. The van der Waals surface area contributed by atoms with Gasteiger partial charge in [-0.1, -0.05) is 28.1 Å². The highest BCUT2D eigenvalue weighted by Crippen LogP contribution is 2.39. The normalized spacial score (nSPS) is 25.4. The minimum Gasteiger partial charge on any atom is -0.365 e. The van der Waals surface area contributed by atoms with Crippen LogP contribution in [0.5, 0.6) is 0 Å². The molecule has 1 aromatic carbocycles. The maximum absolute atomic E-state index is 11.2. The summed E-state index contributed by atoms with van der Waals surface area (Å²) in [5.41, 5.74) is 0.948. The van der Waals surface area contributed by atoms with E-state index in [0.29, 0.717) is 11.8 Å². The Labute approximate surface area is 120 Å². The van der Waals surface area contributed by atoms with E-state index in [1.807, 2.05) is 6.07 Å². The smallest absolute Gasteiger partial charge is 0.292 e. The number of rotatable bonds is 2. The molecule has 19 heavy (non-hydrogen) atoms. The first-order chi connectivity index (χ1) is 9.15.